The van der Waals surface area contributed by atoms with Crippen LogP contribution in [0.2, 0.25) is 0 Å². The Hall–Kier alpha value is -4.82. The molecular formula is C38H28BN. The van der Waals surface area contributed by atoms with Gasteiger partial charge >= 0.3 is 0 Å². The maximum atomic E-state index is 2.53. The fourth-order valence-corrected chi connectivity index (χ4v) is 6.90. The van der Waals surface area contributed by atoms with Gasteiger partial charge in [0, 0.05) is 17.1 Å². The topological polar surface area (TPSA) is 3.24 Å². The van der Waals surface area contributed by atoms with E-state index in [0.717, 1.165) is 0 Å². The number of nitrogens with zero attached hydrogens (tertiary/aromatic N) is 1. The molecular weight excluding hydrogens is 481 g/mol. The highest BCUT2D eigenvalue weighted by molar-refractivity contribution is 7.01. The van der Waals surface area contributed by atoms with E-state index in [4.69, 9.17) is 0 Å². The number of rotatable bonds is 3. The van der Waals surface area contributed by atoms with Crippen molar-refractivity contribution in [3.63, 3.8) is 0 Å². The molecule has 0 saturated heterocycles. The average Bonchev–Trinajstić information content (AvgIpc) is 3.34. The van der Waals surface area contributed by atoms with Crippen LogP contribution in [0.5, 0.6) is 0 Å². The molecule has 0 aliphatic carbocycles. The molecule has 2 heterocycles. The van der Waals surface area contributed by atoms with Crippen LogP contribution in [0.1, 0.15) is 11.1 Å². The summed E-state index contributed by atoms with van der Waals surface area (Å²) >= 11 is 0. The van der Waals surface area contributed by atoms with Gasteiger partial charge in [-0.1, -0.05) is 115 Å². The van der Waals surface area contributed by atoms with Crippen molar-refractivity contribution >= 4 is 40.2 Å². The number of aryl methyl sites for hydroxylation is 2. The van der Waals surface area contributed by atoms with Gasteiger partial charge in [0.25, 0.3) is 0 Å². The number of benzene rings is 6. The number of para-hydroxylation sites is 2. The zero-order valence-electron chi connectivity index (χ0n) is 22.7. The van der Waals surface area contributed by atoms with Crippen molar-refractivity contribution in [1.82, 2.24) is 0 Å². The molecule has 0 atom stereocenters. The third-order valence-electron chi connectivity index (χ3n) is 8.71. The maximum absolute atomic E-state index is 2.53. The number of fused-ring (bicyclic) bond motifs is 5. The standard InChI is InChI=1S/C38H28BN/c1-25-12-6-9-21-35(25)40-36-24-30(29-17-11-16-28(22-29)27-14-4-3-5-15-27)23-32-31-18-7-8-19-33(31)39(37(32)36)34-20-10-13-26(2)38(34)40/h3-24H,1-2H3. The lowest BCUT2D eigenvalue weighted by molar-refractivity contribution is 1.24. The van der Waals surface area contributed by atoms with Crippen LogP contribution in [-0.4, -0.2) is 6.71 Å². The first kappa shape index (κ1) is 23.1. The largest absolute Gasteiger partial charge is 0.311 e. The second-order valence-electron chi connectivity index (χ2n) is 11.1. The van der Waals surface area contributed by atoms with Crippen molar-refractivity contribution < 1.29 is 0 Å². The van der Waals surface area contributed by atoms with E-state index in [0.29, 0.717) is 0 Å². The molecule has 0 spiro atoms. The zero-order valence-corrected chi connectivity index (χ0v) is 22.7. The summed E-state index contributed by atoms with van der Waals surface area (Å²) in [5, 5.41) is 0. The van der Waals surface area contributed by atoms with Crippen LogP contribution < -0.4 is 21.3 Å². The molecule has 188 valence electrons. The van der Waals surface area contributed by atoms with E-state index in [-0.39, 0.29) is 6.71 Å². The highest BCUT2D eigenvalue weighted by Gasteiger charge is 2.43. The van der Waals surface area contributed by atoms with E-state index in [1.165, 1.54) is 78.0 Å². The molecule has 8 rings (SSSR count). The number of hydrogen-bond acceptors (Lipinski definition) is 1. The van der Waals surface area contributed by atoms with E-state index >= 15 is 0 Å². The summed E-state index contributed by atoms with van der Waals surface area (Å²) in [6.07, 6.45) is 0. The highest BCUT2D eigenvalue weighted by atomic mass is 15.2. The molecule has 2 aliphatic heterocycles. The van der Waals surface area contributed by atoms with Gasteiger partial charge in [0.15, 0.2) is 0 Å². The molecule has 1 nitrogen and oxygen atoms in total. The van der Waals surface area contributed by atoms with Gasteiger partial charge in [0.05, 0.1) is 0 Å². The lowest BCUT2D eigenvalue weighted by Gasteiger charge is -2.38. The van der Waals surface area contributed by atoms with Crippen LogP contribution in [0.25, 0.3) is 33.4 Å². The normalized spacial score (nSPS) is 12.7. The summed E-state index contributed by atoms with van der Waals surface area (Å²) in [4.78, 5) is 2.53. The molecule has 0 N–H and O–H groups in total. The van der Waals surface area contributed by atoms with E-state index in [1.54, 1.807) is 0 Å². The quantitative estimate of drug-likeness (QED) is 0.219. The molecule has 0 unspecified atom stereocenters. The van der Waals surface area contributed by atoms with Crippen molar-refractivity contribution in [1.29, 1.82) is 0 Å². The molecule has 2 heteroatoms. The molecule has 6 aromatic rings. The molecule has 6 aromatic carbocycles. The van der Waals surface area contributed by atoms with Crippen molar-refractivity contribution in [2.45, 2.75) is 13.8 Å². The fourth-order valence-electron chi connectivity index (χ4n) is 6.90. The fraction of sp³-hybridized carbons (Fsp3) is 0.0526. The minimum absolute atomic E-state index is 0.237. The van der Waals surface area contributed by atoms with Crippen LogP contribution in [0.4, 0.5) is 17.1 Å². The minimum Gasteiger partial charge on any atom is -0.311 e. The summed E-state index contributed by atoms with van der Waals surface area (Å²) in [7, 11) is 0. The Bertz CT molecular complexity index is 1940. The van der Waals surface area contributed by atoms with Gasteiger partial charge in [-0.2, -0.15) is 0 Å². The second kappa shape index (κ2) is 8.86. The Morgan fingerprint density at radius 1 is 0.450 bits per heavy atom. The summed E-state index contributed by atoms with van der Waals surface area (Å²) in [5.74, 6) is 0. The lowest BCUT2D eigenvalue weighted by atomic mass is 9.37. The van der Waals surface area contributed by atoms with Gasteiger partial charge in [-0.05, 0) is 93.5 Å². The predicted octanol–water partition coefficient (Wildman–Crippen LogP) is 7.92. The van der Waals surface area contributed by atoms with Gasteiger partial charge < -0.3 is 4.90 Å². The molecule has 0 aromatic heterocycles. The summed E-state index contributed by atoms with van der Waals surface area (Å²) in [6, 6.07) is 49.1. The minimum atomic E-state index is 0.237. The van der Waals surface area contributed by atoms with Gasteiger partial charge in [0.1, 0.15) is 0 Å². The SMILES string of the molecule is Cc1ccccc1N1c2cc(-c3cccc(-c4ccccc4)c3)cc3c2B(c2ccccc2-3)c2cccc(C)c21. The maximum Gasteiger partial charge on any atom is 0.248 e. The first-order chi connectivity index (χ1) is 19.7. The Labute approximate surface area is 236 Å². The molecule has 0 radical (unpaired) electrons. The molecule has 0 saturated carbocycles. The Kier molecular flexibility index (Phi) is 5.12. The summed E-state index contributed by atoms with van der Waals surface area (Å²) < 4.78 is 0. The van der Waals surface area contributed by atoms with Crippen LogP contribution in [0.3, 0.4) is 0 Å². The highest BCUT2D eigenvalue weighted by Crippen LogP contribution is 2.44. The van der Waals surface area contributed by atoms with Gasteiger partial charge in [-0.25, -0.2) is 0 Å². The van der Waals surface area contributed by atoms with Crippen LogP contribution in [-0.2, 0) is 0 Å². The average molecular weight is 509 g/mol. The number of hydrogen-bond donors (Lipinski definition) is 0. The first-order valence-corrected chi connectivity index (χ1v) is 14.1. The van der Waals surface area contributed by atoms with E-state index in [9.17, 15) is 0 Å². The van der Waals surface area contributed by atoms with Crippen molar-refractivity contribution in [2.24, 2.45) is 0 Å². The molecule has 0 bridgehead atoms. The lowest BCUT2D eigenvalue weighted by Crippen LogP contribution is -2.55. The van der Waals surface area contributed by atoms with Crippen molar-refractivity contribution in [3.05, 3.63) is 145 Å². The van der Waals surface area contributed by atoms with Crippen LogP contribution >= 0.6 is 0 Å². The zero-order chi connectivity index (χ0) is 26.8. The van der Waals surface area contributed by atoms with Crippen LogP contribution in [0, 0.1) is 13.8 Å². The Morgan fingerprint density at radius 3 is 1.95 bits per heavy atom. The Balaban J connectivity index is 1.44. The monoisotopic (exact) mass is 509 g/mol. The van der Waals surface area contributed by atoms with Crippen LogP contribution in [0.15, 0.2) is 133 Å². The molecule has 0 fully saturated rings. The summed E-state index contributed by atoms with van der Waals surface area (Å²) in [6.45, 7) is 4.71. The van der Waals surface area contributed by atoms with E-state index < -0.39 is 0 Å². The van der Waals surface area contributed by atoms with Crippen molar-refractivity contribution in [3.8, 4) is 33.4 Å². The van der Waals surface area contributed by atoms with E-state index in [2.05, 4.69) is 152 Å². The second-order valence-corrected chi connectivity index (χ2v) is 11.1. The molecule has 2 aliphatic rings. The Morgan fingerprint density at radius 2 is 1.10 bits per heavy atom. The van der Waals surface area contributed by atoms with Crippen molar-refractivity contribution in [2.75, 3.05) is 4.90 Å². The molecule has 40 heavy (non-hydrogen) atoms. The third-order valence-corrected chi connectivity index (χ3v) is 8.71. The summed E-state index contributed by atoms with van der Waals surface area (Å²) in [5.41, 5.74) is 18.3. The smallest absolute Gasteiger partial charge is 0.248 e. The predicted molar refractivity (Wildman–Crippen MR) is 172 cm³/mol. The van der Waals surface area contributed by atoms with E-state index in [1.807, 2.05) is 0 Å². The van der Waals surface area contributed by atoms with Gasteiger partial charge in [-0.15, -0.1) is 0 Å². The van der Waals surface area contributed by atoms with Gasteiger partial charge in [-0.3, -0.25) is 0 Å². The molecule has 0 amide bonds. The number of anilines is 3. The third kappa shape index (κ3) is 3.36. The first-order valence-electron chi connectivity index (χ1n) is 14.1. The van der Waals surface area contributed by atoms with Gasteiger partial charge in [0.2, 0.25) is 6.71 Å².